The highest BCUT2D eigenvalue weighted by Gasteiger charge is 2.17. The summed E-state index contributed by atoms with van der Waals surface area (Å²) in [6.45, 7) is 5.79. The van der Waals surface area contributed by atoms with Crippen LogP contribution in [-0.2, 0) is 0 Å². The fraction of sp³-hybridized carbons (Fsp3) is 0.143. The van der Waals surface area contributed by atoms with Crippen molar-refractivity contribution in [2.45, 2.75) is 20.8 Å². The number of carbonyl (C=O) groups is 1. The third kappa shape index (κ3) is 3.32. The first-order chi connectivity index (χ1) is 13.4. The molecule has 0 saturated heterocycles. The van der Waals surface area contributed by atoms with Gasteiger partial charge in [-0.15, -0.1) is 0 Å². The summed E-state index contributed by atoms with van der Waals surface area (Å²) < 4.78 is 2.58. The van der Waals surface area contributed by atoms with Gasteiger partial charge in [0.2, 0.25) is 5.43 Å². The maximum atomic E-state index is 12.7. The maximum Gasteiger partial charge on any atom is 0.281 e. The molecule has 7 heteroatoms. The Labute approximate surface area is 165 Å². The zero-order valence-corrected chi connectivity index (χ0v) is 16.5. The summed E-state index contributed by atoms with van der Waals surface area (Å²) in [5.41, 5.74) is 3.88. The molecular formula is C21H18N4O2S. The Morgan fingerprint density at radius 3 is 2.57 bits per heavy atom. The molecule has 0 atom stereocenters. The van der Waals surface area contributed by atoms with Crippen molar-refractivity contribution in [1.29, 1.82) is 0 Å². The minimum atomic E-state index is -0.567. The number of hydrogen-bond acceptors (Lipinski definition) is 5. The number of carbonyl (C=O) groups excluding carboxylic acids is 1. The molecule has 4 rings (SSSR count). The third-order valence-corrected chi connectivity index (χ3v) is 5.29. The second-order valence-electron chi connectivity index (χ2n) is 6.65. The van der Waals surface area contributed by atoms with Gasteiger partial charge in [-0.3, -0.25) is 14.9 Å². The van der Waals surface area contributed by atoms with E-state index in [9.17, 15) is 9.59 Å². The lowest BCUT2D eigenvalue weighted by Gasteiger charge is -2.10. The molecule has 0 aliphatic carbocycles. The molecule has 0 unspecified atom stereocenters. The van der Waals surface area contributed by atoms with Crippen molar-refractivity contribution in [1.82, 2.24) is 14.8 Å². The predicted octanol–water partition coefficient (Wildman–Crippen LogP) is 4.02. The highest BCUT2D eigenvalue weighted by Crippen LogP contribution is 2.29. The van der Waals surface area contributed by atoms with Gasteiger partial charge in [0.1, 0.15) is 0 Å². The van der Waals surface area contributed by atoms with Crippen LogP contribution in [0.25, 0.3) is 15.9 Å². The normalized spacial score (nSPS) is 11.0. The van der Waals surface area contributed by atoms with Gasteiger partial charge in [0.25, 0.3) is 5.91 Å². The van der Waals surface area contributed by atoms with E-state index in [-0.39, 0.29) is 5.69 Å². The van der Waals surface area contributed by atoms with Gasteiger partial charge in [0.05, 0.1) is 15.9 Å². The van der Waals surface area contributed by atoms with Crippen LogP contribution >= 0.6 is 11.3 Å². The molecule has 0 aliphatic rings. The highest BCUT2D eigenvalue weighted by molar-refractivity contribution is 7.22. The zero-order valence-electron chi connectivity index (χ0n) is 15.7. The van der Waals surface area contributed by atoms with Gasteiger partial charge in [-0.05, 0) is 50.1 Å². The zero-order chi connectivity index (χ0) is 19.8. The average Bonchev–Trinajstić information content (AvgIpc) is 3.05. The lowest BCUT2D eigenvalue weighted by Crippen LogP contribution is -2.26. The van der Waals surface area contributed by atoms with Crippen LogP contribution < -0.4 is 10.7 Å². The van der Waals surface area contributed by atoms with Crippen LogP contribution in [0.3, 0.4) is 0 Å². The van der Waals surface area contributed by atoms with Crippen LogP contribution in [-0.4, -0.2) is 20.7 Å². The molecule has 1 amide bonds. The molecular weight excluding hydrogens is 372 g/mol. The molecule has 6 nitrogen and oxygen atoms in total. The summed E-state index contributed by atoms with van der Waals surface area (Å²) >= 11 is 1.38. The summed E-state index contributed by atoms with van der Waals surface area (Å²) in [7, 11) is 0. The van der Waals surface area contributed by atoms with Crippen molar-refractivity contribution < 1.29 is 4.79 Å². The average molecular weight is 390 g/mol. The van der Waals surface area contributed by atoms with Gasteiger partial charge in [0.15, 0.2) is 10.8 Å². The van der Waals surface area contributed by atoms with Crippen molar-refractivity contribution in [2.24, 2.45) is 0 Å². The number of thiazole rings is 1. The van der Waals surface area contributed by atoms with E-state index in [1.54, 1.807) is 11.6 Å². The van der Waals surface area contributed by atoms with Crippen LogP contribution in [0.4, 0.5) is 5.13 Å². The van der Waals surface area contributed by atoms with Crippen molar-refractivity contribution in [3.8, 4) is 5.69 Å². The van der Waals surface area contributed by atoms with E-state index in [4.69, 9.17) is 0 Å². The van der Waals surface area contributed by atoms with Crippen LogP contribution in [0.5, 0.6) is 0 Å². The molecule has 28 heavy (non-hydrogen) atoms. The van der Waals surface area contributed by atoms with Gasteiger partial charge in [-0.25, -0.2) is 9.67 Å². The van der Waals surface area contributed by atoms with Gasteiger partial charge < -0.3 is 0 Å². The molecule has 2 aromatic carbocycles. The lowest BCUT2D eigenvalue weighted by atomic mass is 10.1. The largest absolute Gasteiger partial charge is 0.296 e. The van der Waals surface area contributed by atoms with E-state index in [0.717, 1.165) is 27.0 Å². The maximum absolute atomic E-state index is 12.7. The molecule has 0 spiro atoms. The fourth-order valence-electron chi connectivity index (χ4n) is 3.12. The summed E-state index contributed by atoms with van der Waals surface area (Å²) in [6.07, 6.45) is 0. The molecule has 1 N–H and O–H groups in total. The summed E-state index contributed by atoms with van der Waals surface area (Å²) in [5, 5.41) is 7.46. The number of aromatic nitrogens is 3. The van der Waals surface area contributed by atoms with Gasteiger partial charge in [0, 0.05) is 11.8 Å². The molecule has 2 aromatic heterocycles. The first kappa shape index (κ1) is 18.1. The van der Waals surface area contributed by atoms with Crippen molar-refractivity contribution in [3.05, 3.63) is 81.3 Å². The quantitative estimate of drug-likeness (QED) is 0.573. The van der Waals surface area contributed by atoms with E-state index >= 15 is 0 Å². The van der Waals surface area contributed by atoms with E-state index < -0.39 is 11.3 Å². The minimum Gasteiger partial charge on any atom is -0.296 e. The minimum absolute atomic E-state index is 0.165. The monoisotopic (exact) mass is 390 g/mol. The van der Waals surface area contributed by atoms with Crippen LogP contribution in [0.2, 0.25) is 0 Å². The van der Waals surface area contributed by atoms with Gasteiger partial charge in [-0.1, -0.05) is 35.6 Å². The molecule has 0 fully saturated rings. The topological polar surface area (TPSA) is 76.9 Å². The molecule has 0 bridgehead atoms. The fourth-order valence-corrected chi connectivity index (χ4v) is 4.15. The van der Waals surface area contributed by atoms with E-state index in [1.165, 1.54) is 17.4 Å². The number of nitrogens with one attached hydrogen (secondary N) is 1. The number of benzene rings is 2. The van der Waals surface area contributed by atoms with E-state index in [2.05, 4.69) is 15.4 Å². The Hall–Kier alpha value is -3.32. The van der Waals surface area contributed by atoms with Crippen LogP contribution in [0.15, 0.2) is 53.3 Å². The molecule has 4 aromatic rings. The predicted molar refractivity (Wildman–Crippen MR) is 112 cm³/mol. The number of fused-ring (bicyclic) bond motifs is 1. The van der Waals surface area contributed by atoms with E-state index in [1.807, 2.05) is 56.3 Å². The number of rotatable bonds is 3. The highest BCUT2D eigenvalue weighted by atomic mass is 32.1. The smallest absolute Gasteiger partial charge is 0.281 e. The Morgan fingerprint density at radius 2 is 1.82 bits per heavy atom. The molecule has 0 saturated carbocycles. The Morgan fingerprint density at radius 1 is 1.07 bits per heavy atom. The summed E-state index contributed by atoms with van der Waals surface area (Å²) in [6, 6.07) is 14.9. The molecule has 0 aliphatic heterocycles. The van der Waals surface area contributed by atoms with Crippen LogP contribution in [0.1, 0.15) is 27.3 Å². The molecule has 0 radical (unpaired) electrons. The second kappa shape index (κ2) is 7.01. The first-order valence-electron chi connectivity index (χ1n) is 8.78. The number of amides is 1. The van der Waals surface area contributed by atoms with Gasteiger partial charge >= 0.3 is 0 Å². The van der Waals surface area contributed by atoms with Crippen molar-refractivity contribution in [2.75, 3.05) is 5.32 Å². The van der Waals surface area contributed by atoms with Crippen molar-refractivity contribution >= 4 is 32.6 Å². The summed E-state index contributed by atoms with van der Waals surface area (Å²) in [4.78, 5) is 29.6. The number of aryl methyl sites for hydroxylation is 3. The third-order valence-electron chi connectivity index (χ3n) is 4.37. The number of para-hydroxylation sites is 1. The SMILES string of the molecule is Cc1cc(C)c2nc(NC(=O)c3nn(-c4ccccc4)c(C)cc3=O)sc2c1. The molecule has 140 valence electrons. The van der Waals surface area contributed by atoms with Crippen molar-refractivity contribution in [3.63, 3.8) is 0 Å². The Balaban J connectivity index is 1.71. The lowest BCUT2D eigenvalue weighted by molar-refractivity contribution is 0.101. The molecule has 2 heterocycles. The number of nitrogens with zero attached hydrogens (tertiary/aromatic N) is 3. The number of hydrogen-bond donors (Lipinski definition) is 1. The second-order valence-corrected chi connectivity index (χ2v) is 7.68. The first-order valence-corrected chi connectivity index (χ1v) is 9.59. The van der Waals surface area contributed by atoms with E-state index in [0.29, 0.717) is 10.8 Å². The standard InChI is InChI=1S/C21H18N4O2S/c1-12-9-13(2)18-17(10-12)28-21(22-18)23-20(27)19-16(26)11-14(3)25(24-19)15-7-5-4-6-8-15/h4-11H,1-3H3,(H,22,23,27). The van der Waals surface area contributed by atoms with Gasteiger partial charge in [-0.2, -0.15) is 5.10 Å². The number of anilines is 1. The summed E-state index contributed by atoms with van der Waals surface area (Å²) in [5.74, 6) is -0.567. The Bertz CT molecular complexity index is 1260. The van der Waals surface area contributed by atoms with Crippen LogP contribution in [0, 0.1) is 20.8 Å². The Kier molecular flexibility index (Phi) is 4.52.